The van der Waals surface area contributed by atoms with Crippen LogP contribution in [0.15, 0.2) is 35.7 Å². The summed E-state index contributed by atoms with van der Waals surface area (Å²) in [7, 11) is 0. The zero-order valence-electron chi connectivity index (χ0n) is 16.1. The molecule has 6 rings (SSSR count). The number of hydrogen-bond acceptors (Lipinski definition) is 7. The highest BCUT2D eigenvalue weighted by Crippen LogP contribution is 2.28. The van der Waals surface area contributed by atoms with Crippen LogP contribution in [0.25, 0.3) is 28.1 Å². The molecule has 1 aromatic carbocycles. The van der Waals surface area contributed by atoms with Crippen LogP contribution in [-0.2, 0) is 4.74 Å². The fraction of sp³-hybridized carbons (Fsp3) is 0.350. The minimum atomic E-state index is -0.329. The summed E-state index contributed by atoms with van der Waals surface area (Å²) >= 11 is 0. The molecule has 1 saturated heterocycles. The lowest BCUT2D eigenvalue weighted by Crippen LogP contribution is -2.28. The van der Waals surface area contributed by atoms with E-state index in [1.54, 1.807) is 23.2 Å². The summed E-state index contributed by atoms with van der Waals surface area (Å²) in [4.78, 5) is 23.0. The van der Waals surface area contributed by atoms with Gasteiger partial charge >= 0.3 is 0 Å². The number of imidazole rings is 2. The lowest BCUT2D eigenvalue weighted by molar-refractivity contribution is 0.0703. The first kappa shape index (κ1) is 17.5. The molecule has 9 nitrogen and oxygen atoms in total. The highest BCUT2D eigenvalue weighted by atomic mass is 19.1. The molecular weight excluding hydrogens is 387 g/mol. The molecule has 3 aromatic heterocycles. The lowest BCUT2D eigenvalue weighted by atomic mass is 10.1. The van der Waals surface area contributed by atoms with Crippen LogP contribution in [0.4, 0.5) is 4.39 Å². The van der Waals surface area contributed by atoms with E-state index in [0.717, 1.165) is 43.2 Å². The van der Waals surface area contributed by atoms with Crippen LogP contribution in [0.5, 0.6) is 0 Å². The molecule has 0 amide bonds. The van der Waals surface area contributed by atoms with Gasteiger partial charge in [-0.05, 0) is 25.0 Å². The van der Waals surface area contributed by atoms with Gasteiger partial charge in [0.1, 0.15) is 17.7 Å². The van der Waals surface area contributed by atoms with Crippen LogP contribution in [0, 0.1) is 5.82 Å². The van der Waals surface area contributed by atoms with Crippen LogP contribution >= 0.6 is 0 Å². The van der Waals surface area contributed by atoms with E-state index in [9.17, 15) is 4.39 Å². The third kappa shape index (κ3) is 2.75. The van der Waals surface area contributed by atoms with Gasteiger partial charge in [-0.2, -0.15) is 4.98 Å². The molecule has 0 unspecified atom stereocenters. The molecule has 1 fully saturated rings. The van der Waals surface area contributed by atoms with Gasteiger partial charge in [0.05, 0.1) is 23.8 Å². The van der Waals surface area contributed by atoms with Crippen molar-refractivity contribution >= 4 is 28.0 Å². The van der Waals surface area contributed by atoms with Crippen molar-refractivity contribution < 1.29 is 10.6 Å². The Balaban J connectivity index is 0.00000204. The van der Waals surface area contributed by atoms with Gasteiger partial charge in [0.25, 0.3) is 0 Å². The number of fused-ring (bicyclic) bond motifs is 2. The normalized spacial score (nSPS) is 17.6. The fourth-order valence-corrected chi connectivity index (χ4v) is 4.14. The largest absolute Gasteiger partial charge is 0.381 e. The first-order valence-electron chi connectivity index (χ1n) is 10.0. The fourth-order valence-electron chi connectivity index (χ4n) is 4.14. The quantitative estimate of drug-likeness (QED) is 0.559. The van der Waals surface area contributed by atoms with Crippen molar-refractivity contribution in [3.05, 3.63) is 42.4 Å². The van der Waals surface area contributed by atoms with Gasteiger partial charge in [0.15, 0.2) is 17.3 Å². The Labute approximate surface area is 172 Å². The number of aromatic nitrogens is 6. The Morgan fingerprint density at radius 1 is 1.13 bits per heavy atom. The summed E-state index contributed by atoms with van der Waals surface area (Å²) in [5.41, 5.74) is 2.74. The van der Waals surface area contributed by atoms with Crippen molar-refractivity contribution in [2.75, 3.05) is 26.3 Å². The van der Waals surface area contributed by atoms with Crippen molar-refractivity contribution in [2.24, 2.45) is 4.99 Å². The summed E-state index contributed by atoms with van der Waals surface area (Å²) in [5, 5.41) is 3.32. The molecule has 2 aliphatic heterocycles. The summed E-state index contributed by atoms with van der Waals surface area (Å²) in [6.07, 6.45) is 5.08. The molecular formula is C20H21FN8O. The SMILES string of the molecule is Fc1ccc2ncn(-c3ncc4nc(C5=NCCN5)n(C5CCOCC5)c4n3)c2c1.[HH]. The first-order chi connectivity index (χ1) is 14.8. The number of amidine groups is 1. The third-order valence-electron chi connectivity index (χ3n) is 5.59. The molecule has 0 aliphatic carbocycles. The Kier molecular flexibility index (Phi) is 3.98. The van der Waals surface area contributed by atoms with Gasteiger partial charge in [-0.25, -0.2) is 19.3 Å². The Hall–Kier alpha value is -3.40. The summed E-state index contributed by atoms with van der Waals surface area (Å²) in [6.45, 7) is 2.94. The third-order valence-corrected chi connectivity index (χ3v) is 5.59. The molecule has 0 radical (unpaired) electrons. The van der Waals surface area contributed by atoms with E-state index in [2.05, 4.69) is 24.8 Å². The van der Waals surface area contributed by atoms with Gasteiger partial charge in [0.2, 0.25) is 5.95 Å². The Morgan fingerprint density at radius 3 is 2.87 bits per heavy atom. The van der Waals surface area contributed by atoms with E-state index in [0.29, 0.717) is 35.7 Å². The van der Waals surface area contributed by atoms with E-state index < -0.39 is 0 Å². The smallest absolute Gasteiger partial charge is 0.237 e. The molecule has 2 aliphatic rings. The molecule has 0 atom stereocenters. The van der Waals surface area contributed by atoms with E-state index in [4.69, 9.17) is 14.7 Å². The molecule has 5 heterocycles. The predicted octanol–water partition coefficient (Wildman–Crippen LogP) is 2.25. The number of rotatable bonds is 3. The lowest BCUT2D eigenvalue weighted by Gasteiger charge is -2.25. The highest BCUT2D eigenvalue weighted by Gasteiger charge is 2.26. The topological polar surface area (TPSA) is 95.0 Å². The molecule has 0 saturated carbocycles. The van der Waals surface area contributed by atoms with Crippen molar-refractivity contribution in [3.63, 3.8) is 0 Å². The standard InChI is InChI=1S/C20H19FN8O.H2/c21-12-1-2-14-16(9-12)28(11-25-14)20-24-10-15-18(27-20)29(13-3-7-30-8-4-13)19(26-15)17-22-5-6-23-17;/h1-2,9-11,13H,3-8H2,(H,22,23);1H. The van der Waals surface area contributed by atoms with Gasteiger partial charge in [-0.1, -0.05) is 0 Å². The van der Waals surface area contributed by atoms with E-state index in [-0.39, 0.29) is 13.3 Å². The maximum absolute atomic E-state index is 13.8. The van der Waals surface area contributed by atoms with Crippen LogP contribution in [-0.4, -0.2) is 61.2 Å². The second kappa shape index (κ2) is 6.84. The zero-order valence-corrected chi connectivity index (χ0v) is 16.1. The van der Waals surface area contributed by atoms with E-state index >= 15 is 0 Å². The monoisotopic (exact) mass is 408 g/mol. The number of ether oxygens (including phenoxy) is 1. The van der Waals surface area contributed by atoms with Crippen LogP contribution in [0.3, 0.4) is 0 Å². The maximum atomic E-state index is 13.8. The minimum absolute atomic E-state index is 0. The molecule has 4 aromatic rings. The number of nitrogens with zero attached hydrogens (tertiary/aromatic N) is 7. The second-order valence-electron chi connectivity index (χ2n) is 7.43. The molecule has 10 heteroatoms. The van der Waals surface area contributed by atoms with Crippen molar-refractivity contribution in [1.29, 1.82) is 0 Å². The van der Waals surface area contributed by atoms with Crippen LogP contribution in [0.1, 0.15) is 26.1 Å². The van der Waals surface area contributed by atoms with Crippen LogP contribution < -0.4 is 5.32 Å². The number of halogens is 1. The first-order valence-corrected chi connectivity index (χ1v) is 10.0. The van der Waals surface area contributed by atoms with Crippen molar-refractivity contribution in [3.8, 4) is 5.95 Å². The van der Waals surface area contributed by atoms with Gasteiger partial charge in [0, 0.05) is 33.3 Å². The van der Waals surface area contributed by atoms with E-state index in [1.807, 2.05) is 0 Å². The Bertz CT molecular complexity index is 1290. The average Bonchev–Trinajstić information content (AvgIpc) is 3.51. The predicted molar refractivity (Wildman–Crippen MR) is 111 cm³/mol. The second-order valence-corrected chi connectivity index (χ2v) is 7.43. The summed E-state index contributed by atoms with van der Waals surface area (Å²) < 4.78 is 23.2. The number of nitrogens with one attached hydrogen (secondary N) is 1. The van der Waals surface area contributed by atoms with Gasteiger partial charge in [-0.3, -0.25) is 9.56 Å². The zero-order chi connectivity index (χ0) is 20.1. The number of aliphatic imine (C=N–C) groups is 1. The average molecular weight is 408 g/mol. The summed E-state index contributed by atoms with van der Waals surface area (Å²) in [5.74, 6) is 1.67. The van der Waals surface area contributed by atoms with E-state index in [1.165, 1.54) is 12.1 Å². The molecule has 0 spiro atoms. The van der Waals surface area contributed by atoms with Gasteiger partial charge < -0.3 is 14.6 Å². The van der Waals surface area contributed by atoms with Crippen molar-refractivity contribution in [2.45, 2.75) is 18.9 Å². The molecule has 1 N–H and O–H groups in total. The van der Waals surface area contributed by atoms with Gasteiger partial charge in [-0.15, -0.1) is 0 Å². The van der Waals surface area contributed by atoms with Crippen molar-refractivity contribution in [1.82, 2.24) is 34.4 Å². The van der Waals surface area contributed by atoms with Crippen LogP contribution in [0.2, 0.25) is 0 Å². The minimum Gasteiger partial charge on any atom is -0.381 e. The molecule has 30 heavy (non-hydrogen) atoms. The number of benzene rings is 1. The highest BCUT2D eigenvalue weighted by molar-refractivity contribution is 5.99. The molecule has 0 bridgehead atoms. The Morgan fingerprint density at radius 2 is 2.03 bits per heavy atom. The maximum Gasteiger partial charge on any atom is 0.237 e. The number of hydrogen-bond donors (Lipinski definition) is 1. The molecule has 154 valence electrons. The summed E-state index contributed by atoms with van der Waals surface area (Å²) in [6, 6.07) is 4.69.